The highest BCUT2D eigenvalue weighted by Gasteiger charge is 2.27. The van der Waals surface area contributed by atoms with E-state index in [-0.39, 0.29) is 17.3 Å². The molecule has 1 aliphatic rings. The summed E-state index contributed by atoms with van der Waals surface area (Å²) >= 11 is 0. The molecule has 0 fully saturated rings. The summed E-state index contributed by atoms with van der Waals surface area (Å²) in [7, 11) is 0. The molecule has 7 nitrogen and oxygen atoms in total. The number of benzene rings is 3. The quantitative estimate of drug-likeness (QED) is 0.235. The Morgan fingerprint density at radius 2 is 1.78 bits per heavy atom. The molecule has 0 spiro atoms. The number of carbonyl (C=O) groups is 1. The van der Waals surface area contributed by atoms with Gasteiger partial charge in [0.25, 0.3) is 5.69 Å². The zero-order chi connectivity index (χ0) is 22.7. The van der Waals surface area contributed by atoms with Crippen molar-refractivity contribution in [2.75, 3.05) is 0 Å². The van der Waals surface area contributed by atoms with Crippen molar-refractivity contribution in [2.45, 2.75) is 20.5 Å². The van der Waals surface area contributed by atoms with Crippen molar-refractivity contribution < 1.29 is 19.2 Å². The summed E-state index contributed by atoms with van der Waals surface area (Å²) < 4.78 is 11.3. The average Bonchev–Trinajstić information content (AvgIpc) is 3.14. The topological polar surface area (TPSA) is 91.0 Å². The summed E-state index contributed by atoms with van der Waals surface area (Å²) in [6.07, 6.45) is 1.59. The highest BCUT2D eigenvalue weighted by atomic mass is 16.6. The predicted molar refractivity (Wildman–Crippen MR) is 120 cm³/mol. The fourth-order valence-electron chi connectivity index (χ4n) is 3.30. The molecule has 0 saturated carbocycles. The van der Waals surface area contributed by atoms with Crippen LogP contribution in [0, 0.1) is 24.0 Å². The SMILES string of the molecule is Cc1ccc(COc2ccccc2/C=C2\N=C(c3cccc([N+](=O)[O-])c3C)OC2=O)cc1. The molecule has 3 aromatic carbocycles. The number of aryl methyl sites for hydroxylation is 1. The minimum Gasteiger partial charge on any atom is -0.488 e. The number of hydrogen-bond acceptors (Lipinski definition) is 6. The molecule has 160 valence electrons. The fraction of sp³-hybridized carbons (Fsp3) is 0.120. The lowest BCUT2D eigenvalue weighted by molar-refractivity contribution is -0.385. The smallest absolute Gasteiger partial charge is 0.363 e. The molecule has 0 unspecified atom stereocenters. The monoisotopic (exact) mass is 428 g/mol. The Labute approximate surface area is 184 Å². The summed E-state index contributed by atoms with van der Waals surface area (Å²) in [4.78, 5) is 27.5. The van der Waals surface area contributed by atoms with Crippen LogP contribution in [-0.4, -0.2) is 16.8 Å². The number of carbonyl (C=O) groups excluding carboxylic acids is 1. The number of hydrogen-bond donors (Lipinski definition) is 0. The molecule has 7 heteroatoms. The van der Waals surface area contributed by atoms with Crippen molar-refractivity contribution >= 4 is 23.6 Å². The van der Waals surface area contributed by atoms with Gasteiger partial charge in [-0.2, -0.15) is 0 Å². The van der Waals surface area contributed by atoms with Crippen LogP contribution < -0.4 is 4.74 Å². The first kappa shape index (κ1) is 21.0. The van der Waals surface area contributed by atoms with Gasteiger partial charge in [0.2, 0.25) is 5.90 Å². The Kier molecular flexibility index (Phi) is 5.81. The van der Waals surface area contributed by atoms with Crippen LogP contribution in [0.1, 0.15) is 27.8 Å². The largest absolute Gasteiger partial charge is 0.488 e. The average molecular weight is 428 g/mol. The van der Waals surface area contributed by atoms with Gasteiger partial charge < -0.3 is 9.47 Å². The Balaban J connectivity index is 1.61. The normalized spacial score (nSPS) is 14.2. The lowest BCUT2D eigenvalue weighted by Gasteiger charge is -2.09. The van der Waals surface area contributed by atoms with Crippen LogP contribution in [-0.2, 0) is 16.1 Å². The van der Waals surface area contributed by atoms with Gasteiger partial charge in [-0.15, -0.1) is 0 Å². The van der Waals surface area contributed by atoms with Crippen LogP contribution in [0.4, 0.5) is 5.69 Å². The Hall–Kier alpha value is -4.26. The summed E-state index contributed by atoms with van der Waals surface area (Å²) in [6, 6.07) is 19.9. The van der Waals surface area contributed by atoms with Crippen molar-refractivity contribution in [3.05, 3.63) is 110 Å². The van der Waals surface area contributed by atoms with E-state index in [1.165, 1.54) is 17.7 Å². The molecule has 0 bridgehead atoms. The molecule has 1 aliphatic heterocycles. The van der Waals surface area contributed by atoms with E-state index in [0.29, 0.717) is 29.0 Å². The second-order valence-electron chi connectivity index (χ2n) is 7.35. The molecule has 4 rings (SSSR count). The van der Waals surface area contributed by atoms with Gasteiger partial charge in [-0.1, -0.05) is 54.1 Å². The van der Waals surface area contributed by atoms with Crippen LogP contribution in [0.25, 0.3) is 6.08 Å². The first-order chi connectivity index (χ1) is 15.4. The van der Waals surface area contributed by atoms with Gasteiger partial charge in [-0.3, -0.25) is 10.1 Å². The molecule has 32 heavy (non-hydrogen) atoms. The lowest BCUT2D eigenvalue weighted by atomic mass is 10.1. The zero-order valence-electron chi connectivity index (χ0n) is 17.6. The number of para-hydroxylation sites is 1. The molecule has 0 amide bonds. The van der Waals surface area contributed by atoms with Crippen molar-refractivity contribution in [3.63, 3.8) is 0 Å². The van der Waals surface area contributed by atoms with Gasteiger partial charge in [0.15, 0.2) is 5.70 Å². The number of nitro groups is 1. The maximum Gasteiger partial charge on any atom is 0.363 e. The molecular weight excluding hydrogens is 408 g/mol. The lowest BCUT2D eigenvalue weighted by Crippen LogP contribution is -2.08. The molecule has 1 heterocycles. The molecule has 0 radical (unpaired) electrons. The van der Waals surface area contributed by atoms with Gasteiger partial charge in [0.1, 0.15) is 12.4 Å². The van der Waals surface area contributed by atoms with Crippen LogP contribution in [0.15, 0.2) is 77.4 Å². The Morgan fingerprint density at radius 1 is 1.03 bits per heavy atom. The molecule has 0 atom stereocenters. The third-order valence-corrected chi connectivity index (χ3v) is 5.08. The summed E-state index contributed by atoms with van der Waals surface area (Å²) in [6.45, 7) is 4.00. The van der Waals surface area contributed by atoms with E-state index in [9.17, 15) is 14.9 Å². The zero-order valence-corrected chi connectivity index (χ0v) is 17.6. The number of ether oxygens (including phenoxy) is 2. The van der Waals surface area contributed by atoms with Crippen molar-refractivity contribution in [1.82, 2.24) is 0 Å². The minimum atomic E-state index is -0.626. The van der Waals surface area contributed by atoms with E-state index in [4.69, 9.17) is 9.47 Å². The third-order valence-electron chi connectivity index (χ3n) is 5.08. The molecule has 0 aliphatic carbocycles. The minimum absolute atomic E-state index is 0.0421. The second kappa shape index (κ2) is 8.85. The number of nitrogens with zero attached hydrogens (tertiary/aromatic N) is 2. The molecule has 3 aromatic rings. The van der Waals surface area contributed by atoms with Crippen LogP contribution in [0.5, 0.6) is 5.75 Å². The fourth-order valence-corrected chi connectivity index (χ4v) is 3.30. The van der Waals surface area contributed by atoms with Gasteiger partial charge in [-0.25, -0.2) is 9.79 Å². The van der Waals surface area contributed by atoms with E-state index < -0.39 is 10.9 Å². The van der Waals surface area contributed by atoms with Crippen molar-refractivity contribution in [3.8, 4) is 5.75 Å². The summed E-state index contributed by atoms with van der Waals surface area (Å²) in [5.74, 6) is 0.0169. The maximum absolute atomic E-state index is 12.4. The van der Waals surface area contributed by atoms with Crippen LogP contribution in [0.2, 0.25) is 0 Å². The summed E-state index contributed by atoms with van der Waals surface area (Å²) in [5.41, 5.74) is 3.69. The number of rotatable bonds is 6. The van der Waals surface area contributed by atoms with Gasteiger partial charge in [0, 0.05) is 22.8 Å². The first-order valence-electron chi connectivity index (χ1n) is 9.96. The molecule has 0 N–H and O–H groups in total. The third kappa shape index (κ3) is 4.41. The first-order valence-corrected chi connectivity index (χ1v) is 9.96. The van der Waals surface area contributed by atoms with E-state index in [2.05, 4.69) is 4.99 Å². The second-order valence-corrected chi connectivity index (χ2v) is 7.35. The maximum atomic E-state index is 12.4. The van der Waals surface area contributed by atoms with E-state index in [0.717, 1.165) is 5.56 Å². The van der Waals surface area contributed by atoms with Crippen molar-refractivity contribution in [2.24, 2.45) is 4.99 Å². The summed E-state index contributed by atoms with van der Waals surface area (Å²) in [5, 5.41) is 11.2. The standard InChI is InChI=1S/C25H20N2O5/c1-16-10-12-18(13-11-16)15-31-23-9-4-3-6-19(23)14-21-25(28)32-24(26-21)20-7-5-8-22(17(20)2)27(29)30/h3-14H,15H2,1-2H3/b21-14-. The molecule has 0 aromatic heterocycles. The Bertz CT molecular complexity index is 1260. The van der Waals surface area contributed by atoms with Crippen LogP contribution >= 0.6 is 0 Å². The number of aliphatic imine (C=N–C) groups is 1. The number of nitro benzene ring substituents is 1. The predicted octanol–water partition coefficient (Wildman–Crippen LogP) is 5.14. The molecular formula is C25H20N2O5. The van der Waals surface area contributed by atoms with E-state index >= 15 is 0 Å². The van der Waals surface area contributed by atoms with Gasteiger partial charge in [-0.05, 0) is 37.6 Å². The molecule has 0 saturated heterocycles. The van der Waals surface area contributed by atoms with E-state index in [1.807, 2.05) is 55.5 Å². The van der Waals surface area contributed by atoms with E-state index in [1.54, 1.807) is 19.1 Å². The highest BCUT2D eigenvalue weighted by Crippen LogP contribution is 2.28. The van der Waals surface area contributed by atoms with Crippen LogP contribution in [0.3, 0.4) is 0 Å². The number of cyclic esters (lactones) is 1. The van der Waals surface area contributed by atoms with Gasteiger partial charge in [0.05, 0.1) is 4.92 Å². The Morgan fingerprint density at radius 3 is 2.53 bits per heavy atom. The number of esters is 1. The highest BCUT2D eigenvalue weighted by molar-refractivity contribution is 6.13. The van der Waals surface area contributed by atoms with Gasteiger partial charge >= 0.3 is 5.97 Å². The van der Waals surface area contributed by atoms with Crippen molar-refractivity contribution in [1.29, 1.82) is 0 Å².